The average molecular weight is 307 g/mol. The quantitative estimate of drug-likeness (QED) is 0.632. The zero-order chi connectivity index (χ0) is 13.1. The summed E-state index contributed by atoms with van der Waals surface area (Å²) in [7, 11) is 0. The van der Waals surface area contributed by atoms with Crippen molar-refractivity contribution in [2.75, 3.05) is 0 Å². The smallest absolute Gasteiger partial charge is 0.363 e. The van der Waals surface area contributed by atoms with Gasteiger partial charge in [0.05, 0.1) is 16.4 Å². The standard InChI is InChI=1S/C13H11BrN2O2/c1-8-3-4-12(10(14)5-8)18-13(17)11-7-15-9(2)6-16-11/h3-7H,1-2H3. The second kappa shape index (κ2) is 5.27. The zero-order valence-electron chi connectivity index (χ0n) is 9.98. The van der Waals surface area contributed by atoms with Gasteiger partial charge in [-0.3, -0.25) is 4.98 Å². The fourth-order valence-corrected chi connectivity index (χ4v) is 1.91. The number of aromatic nitrogens is 2. The molecule has 4 nitrogen and oxygen atoms in total. The van der Waals surface area contributed by atoms with E-state index in [1.165, 1.54) is 12.4 Å². The lowest BCUT2D eigenvalue weighted by Crippen LogP contribution is -2.11. The molecule has 0 fully saturated rings. The van der Waals surface area contributed by atoms with E-state index in [1.54, 1.807) is 13.0 Å². The first kappa shape index (κ1) is 12.7. The Morgan fingerprint density at radius 1 is 1.22 bits per heavy atom. The maximum Gasteiger partial charge on any atom is 0.363 e. The number of rotatable bonds is 2. The minimum atomic E-state index is -0.521. The van der Waals surface area contributed by atoms with Crippen molar-refractivity contribution >= 4 is 21.9 Å². The highest BCUT2D eigenvalue weighted by Gasteiger charge is 2.12. The van der Waals surface area contributed by atoms with Gasteiger partial charge in [0.15, 0.2) is 5.69 Å². The number of carbonyl (C=O) groups excluding carboxylic acids is 1. The van der Waals surface area contributed by atoms with Gasteiger partial charge in [0.25, 0.3) is 0 Å². The highest BCUT2D eigenvalue weighted by atomic mass is 79.9. The third kappa shape index (κ3) is 2.92. The van der Waals surface area contributed by atoms with E-state index >= 15 is 0 Å². The monoisotopic (exact) mass is 306 g/mol. The maximum atomic E-state index is 11.8. The van der Waals surface area contributed by atoms with E-state index in [9.17, 15) is 4.79 Å². The molecule has 5 heteroatoms. The van der Waals surface area contributed by atoms with Crippen molar-refractivity contribution in [3.05, 3.63) is 52.0 Å². The van der Waals surface area contributed by atoms with Gasteiger partial charge in [0.2, 0.25) is 0 Å². The second-order valence-electron chi connectivity index (χ2n) is 3.87. The Hall–Kier alpha value is -1.75. The van der Waals surface area contributed by atoms with Crippen LogP contribution in [0.5, 0.6) is 5.75 Å². The number of nitrogens with zero attached hydrogens (tertiary/aromatic N) is 2. The van der Waals surface area contributed by atoms with Gasteiger partial charge in [-0.25, -0.2) is 9.78 Å². The largest absolute Gasteiger partial charge is 0.421 e. The summed E-state index contributed by atoms with van der Waals surface area (Å²) in [5.74, 6) is -0.0555. The molecule has 0 bridgehead atoms. The first-order valence-corrected chi connectivity index (χ1v) is 6.12. The molecule has 0 atom stereocenters. The van der Waals surface area contributed by atoms with Crippen LogP contribution in [0.2, 0.25) is 0 Å². The number of benzene rings is 1. The van der Waals surface area contributed by atoms with Crippen LogP contribution in [0.1, 0.15) is 21.7 Å². The predicted molar refractivity (Wildman–Crippen MR) is 70.6 cm³/mol. The first-order chi connectivity index (χ1) is 8.56. The molecule has 0 saturated heterocycles. The maximum absolute atomic E-state index is 11.8. The summed E-state index contributed by atoms with van der Waals surface area (Å²) < 4.78 is 5.97. The molecule has 0 saturated carbocycles. The number of ether oxygens (including phenoxy) is 1. The Bertz CT molecular complexity index is 582. The summed E-state index contributed by atoms with van der Waals surface area (Å²) in [6.07, 6.45) is 2.93. The van der Waals surface area contributed by atoms with Crippen molar-refractivity contribution in [3.63, 3.8) is 0 Å². The molecule has 0 aliphatic heterocycles. The minimum Gasteiger partial charge on any atom is -0.421 e. The molecule has 18 heavy (non-hydrogen) atoms. The zero-order valence-corrected chi connectivity index (χ0v) is 11.6. The van der Waals surface area contributed by atoms with Gasteiger partial charge in [-0.15, -0.1) is 0 Å². The number of aryl methyl sites for hydroxylation is 2. The molecule has 1 heterocycles. The van der Waals surface area contributed by atoms with Crippen molar-refractivity contribution in [3.8, 4) is 5.75 Å². The average Bonchev–Trinajstić information content (AvgIpc) is 2.33. The van der Waals surface area contributed by atoms with Crippen molar-refractivity contribution in [2.24, 2.45) is 0 Å². The Morgan fingerprint density at radius 3 is 2.61 bits per heavy atom. The Labute approximate surface area is 113 Å². The van der Waals surface area contributed by atoms with Crippen LogP contribution in [-0.4, -0.2) is 15.9 Å². The van der Waals surface area contributed by atoms with E-state index in [4.69, 9.17) is 4.74 Å². The highest BCUT2D eigenvalue weighted by Crippen LogP contribution is 2.26. The fraction of sp³-hybridized carbons (Fsp3) is 0.154. The van der Waals surface area contributed by atoms with E-state index in [1.807, 2.05) is 19.1 Å². The number of halogens is 1. The van der Waals surface area contributed by atoms with Gasteiger partial charge in [0, 0.05) is 6.20 Å². The summed E-state index contributed by atoms with van der Waals surface area (Å²) in [6.45, 7) is 3.76. The summed E-state index contributed by atoms with van der Waals surface area (Å²) in [5.41, 5.74) is 2.02. The predicted octanol–water partition coefficient (Wildman–Crippen LogP) is 3.08. The third-order valence-corrected chi connectivity index (χ3v) is 2.90. The number of carbonyl (C=O) groups is 1. The topological polar surface area (TPSA) is 52.1 Å². The van der Waals surface area contributed by atoms with Gasteiger partial charge in [0.1, 0.15) is 5.75 Å². The molecular formula is C13H11BrN2O2. The van der Waals surface area contributed by atoms with Gasteiger partial charge in [-0.2, -0.15) is 0 Å². The molecule has 2 rings (SSSR count). The van der Waals surface area contributed by atoms with Crippen molar-refractivity contribution in [1.29, 1.82) is 0 Å². The lowest BCUT2D eigenvalue weighted by atomic mass is 10.2. The molecule has 1 aromatic carbocycles. The summed E-state index contributed by atoms with van der Waals surface area (Å²) in [6, 6.07) is 5.48. The van der Waals surface area contributed by atoms with E-state index in [0.717, 1.165) is 15.7 Å². The van der Waals surface area contributed by atoms with E-state index in [0.29, 0.717) is 5.75 Å². The third-order valence-electron chi connectivity index (χ3n) is 2.28. The van der Waals surface area contributed by atoms with Gasteiger partial charge >= 0.3 is 5.97 Å². The van der Waals surface area contributed by atoms with Crippen molar-refractivity contribution < 1.29 is 9.53 Å². The molecular weight excluding hydrogens is 296 g/mol. The summed E-state index contributed by atoms with van der Waals surface area (Å²) in [5, 5.41) is 0. The van der Waals surface area contributed by atoms with Crippen LogP contribution in [0.3, 0.4) is 0 Å². The van der Waals surface area contributed by atoms with Crippen molar-refractivity contribution in [1.82, 2.24) is 9.97 Å². The van der Waals surface area contributed by atoms with Crippen LogP contribution in [0.15, 0.2) is 35.1 Å². The molecule has 1 aromatic heterocycles. The van der Waals surface area contributed by atoms with Crippen LogP contribution < -0.4 is 4.74 Å². The van der Waals surface area contributed by atoms with Crippen LogP contribution in [0.25, 0.3) is 0 Å². The second-order valence-corrected chi connectivity index (χ2v) is 4.72. The highest BCUT2D eigenvalue weighted by molar-refractivity contribution is 9.10. The molecule has 92 valence electrons. The van der Waals surface area contributed by atoms with Crippen molar-refractivity contribution in [2.45, 2.75) is 13.8 Å². The first-order valence-electron chi connectivity index (χ1n) is 5.33. The number of hydrogen-bond donors (Lipinski definition) is 0. The normalized spacial score (nSPS) is 10.2. The summed E-state index contributed by atoms with van der Waals surface area (Å²) >= 11 is 3.35. The fourth-order valence-electron chi connectivity index (χ4n) is 1.34. The van der Waals surface area contributed by atoms with Crippen LogP contribution >= 0.6 is 15.9 Å². The molecule has 0 radical (unpaired) electrons. The Kier molecular flexibility index (Phi) is 3.72. The van der Waals surface area contributed by atoms with Crippen LogP contribution in [0.4, 0.5) is 0 Å². The Balaban J connectivity index is 2.18. The lowest BCUT2D eigenvalue weighted by Gasteiger charge is -2.06. The van der Waals surface area contributed by atoms with Gasteiger partial charge < -0.3 is 4.74 Å². The van der Waals surface area contributed by atoms with Crippen LogP contribution in [-0.2, 0) is 0 Å². The van der Waals surface area contributed by atoms with E-state index in [2.05, 4.69) is 25.9 Å². The molecule has 0 spiro atoms. The van der Waals surface area contributed by atoms with Gasteiger partial charge in [-0.05, 0) is 47.5 Å². The molecule has 2 aromatic rings. The lowest BCUT2D eigenvalue weighted by molar-refractivity contribution is 0.0727. The minimum absolute atomic E-state index is 0.188. The molecule has 0 amide bonds. The van der Waals surface area contributed by atoms with Gasteiger partial charge in [-0.1, -0.05) is 6.07 Å². The number of hydrogen-bond acceptors (Lipinski definition) is 4. The van der Waals surface area contributed by atoms with Crippen LogP contribution in [0, 0.1) is 13.8 Å². The van der Waals surface area contributed by atoms with E-state index < -0.39 is 5.97 Å². The molecule has 0 aliphatic rings. The Morgan fingerprint density at radius 2 is 2.00 bits per heavy atom. The number of esters is 1. The SMILES string of the molecule is Cc1ccc(OC(=O)c2cnc(C)cn2)c(Br)c1. The van der Waals surface area contributed by atoms with E-state index in [-0.39, 0.29) is 5.69 Å². The molecule has 0 aliphatic carbocycles. The molecule has 0 unspecified atom stereocenters. The summed E-state index contributed by atoms with van der Waals surface area (Å²) in [4.78, 5) is 19.8. The molecule has 0 N–H and O–H groups in total.